The minimum Gasteiger partial charge on any atom is -0.497 e. The zero-order valence-corrected chi connectivity index (χ0v) is 12.9. The van der Waals surface area contributed by atoms with E-state index in [2.05, 4.69) is 10.6 Å². The Kier molecular flexibility index (Phi) is 6.39. The molecule has 1 aromatic carbocycles. The van der Waals surface area contributed by atoms with Gasteiger partial charge in [0.1, 0.15) is 17.2 Å². The summed E-state index contributed by atoms with van der Waals surface area (Å²) in [4.78, 5) is 12.4. The van der Waals surface area contributed by atoms with Gasteiger partial charge < -0.3 is 20.1 Å². The molecule has 2 rings (SSSR count). The van der Waals surface area contributed by atoms with Crippen molar-refractivity contribution < 1.29 is 18.7 Å². The summed E-state index contributed by atoms with van der Waals surface area (Å²) < 4.78 is 24.2. The highest BCUT2D eigenvalue weighted by molar-refractivity contribution is 5.97. The Morgan fingerprint density at radius 2 is 2.00 bits per heavy atom. The molecule has 1 saturated heterocycles. The van der Waals surface area contributed by atoms with Crippen LogP contribution in [0.3, 0.4) is 0 Å². The van der Waals surface area contributed by atoms with Gasteiger partial charge in [-0.2, -0.15) is 0 Å². The summed E-state index contributed by atoms with van der Waals surface area (Å²) in [6.45, 7) is 1.39. The number of ether oxygens (including phenoxy) is 2. The van der Waals surface area contributed by atoms with Crippen LogP contribution in [-0.2, 0) is 9.53 Å². The number of hydrogen-bond donors (Lipinski definition) is 2. The number of benzene rings is 1. The van der Waals surface area contributed by atoms with Gasteiger partial charge in [0.2, 0.25) is 0 Å². The maximum Gasteiger partial charge on any atom is 0.256 e. The molecule has 0 saturated carbocycles. The standard InChI is InChI=1S/C14H19FN2O3.ClH/c1-19-10-3-4-11(15)12(9-10)17-13(18)14(20-2)5-7-16-8-6-14;/h3-4,9,16H,5-8H2,1-2H3,(H,17,18);1H. The predicted molar refractivity (Wildman–Crippen MR) is 80.7 cm³/mol. The molecule has 7 heteroatoms. The van der Waals surface area contributed by atoms with Gasteiger partial charge in [0.25, 0.3) is 5.91 Å². The zero-order valence-electron chi connectivity index (χ0n) is 12.1. The number of piperidine rings is 1. The molecule has 0 aromatic heterocycles. The average molecular weight is 319 g/mol. The van der Waals surface area contributed by atoms with Gasteiger partial charge in [0, 0.05) is 13.2 Å². The van der Waals surface area contributed by atoms with Crippen molar-refractivity contribution in [2.24, 2.45) is 0 Å². The molecule has 0 unspecified atom stereocenters. The molecule has 5 nitrogen and oxygen atoms in total. The van der Waals surface area contributed by atoms with Gasteiger partial charge in [-0.25, -0.2) is 4.39 Å². The third kappa shape index (κ3) is 3.84. The highest BCUT2D eigenvalue weighted by Gasteiger charge is 2.39. The highest BCUT2D eigenvalue weighted by Crippen LogP contribution is 2.27. The Bertz CT molecular complexity index is 493. The van der Waals surface area contributed by atoms with Crippen molar-refractivity contribution in [3.05, 3.63) is 24.0 Å². The lowest BCUT2D eigenvalue weighted by Crippen LogP contribution is -2.51. The fourth-order valence-corrected chi connectivity index (χ4v) is 2.32. The number of nitrogens with one attached hydrogen (secondary N) is 2. The van der Waals surface area contributed by atoms with Crippen molar-refractivity contribution in [1.82, 2.24) is 5.32 Å². The summed E-state index contributed by atoms with van der Waals surface area (Å²) in [5.74, 6) is -0.341. The van der Waals surface area contributed by atoms with Crippen LogP contribution >= 0.6 is 12.4 Å². The van der Waals surface area contributed by atoms with Crippen LogP contribution in [0.4, 0.5) is 10.1 Å². The molecular formula is C14H20ClFN2O3. The van der Waals surface area contributed by atoms with Crippen molar-refractivity contribution >= 4 is 24.0 Å². The van der Waals surface area contributed by atoms with E-state index in [0.717, 1.165) is 0 Å². The fourth-order valence-electron chi connectivity index (χ4n) is 2.32. The van der Waals surface area contributed by atoms with E-state index in [4.69, 9.17) is 9.47 Å². The summed E-state index contributed by atoms with van der Waals surface area (Å²) in [5.41, 5.74) is -0.801. The van der Waals surface area contributed by atoms with Crippen molar-refractivity contribution in [2.75, 3.05) is 32.6 Å². The first-order valence-electron chi connectivity index (χ1n) is 6.52. The summed E-state index contributed by atoms with van der Waals surface area (Å²) in [5, 5.41) is 5.77. The molecule has 0 spiro atoms. The Hall–Kier alpha value is -1.37. The Morgan fingerprint density at radius 1 is 1.33 bits per heavy atom. The second-order valence-electron chi connectivity index (χ2n) is 4.75. The molecule has 1 aliphatic heterocycles. The van der Waals surface area contributed by atoms with Crippen LogP contribution in [0, 0.1) is 5.82 Å². The van der Waals surface area contributed by atoms with E-state index in [1.54, 1.807) is 0 Å². The maximum atomic E-state index is 13.7. The average Bonchev–Trinajstić information content (AvgIpc) is 2.50. The molecule has 1 aromatic rings. The SMILES string of the molecule is COc1ccc(F)c(NC(=O)C2(OC)CCNCC2)c1.Cl. The van der Waals surface area contributed by atoms with E-state index in [0.29, 0.717) is 31.7 Å². The third-order valence-corrected chi connectivity index (χ3v) is 3.64. The van der Waals surface area contributed by atoms with E-state index >= 15 is 0 Å². The Labute approximate surface area is 129 Å². The summed E-state index contributed by atoms with van der Waals surface area (Å²) in [6, 6.07) is 4.22. The van der Waals surface area contributed by atoms with Gasteiger partial charge in [0.15, 0.2) is 0 Å². The first-order valence-corrected chi connectivity index (χ1v) is 6.52. The predicted octanol–water partition coefficient (Wildman–Crippen LogP) is 1.96. The number of amides is 1. The molecule has 0 bridgehead atoms. The molecule has 118 valence electrons. The van der Waals surface area contributed by atoms with Crippen LogP contribution in [0.1, 0.15) is 12.8 Å². The first kappa shape index (κ1) is 17.7. The molecule has 21 heavy (non-hydrogen) atoms. The number of hydrogen-bond acceptors (Lipinski definition) is 4. The number of carbonyl (C=O) groups excluding carboxylic acids is 1. The second-order valence-corrected chi connectivity index (χ2v) is 4.75. The topological polar surface area (TPSA) is 59.6 Å². The van der Waals surface area contributed by atoms with Crippen LogP contribution < -0.4 is 15.4 Å². The number of rotatable bonds is 4. The number of carbonyl (C=O) groups is 1. The molecule has 0 radical (unpaired) electrons. The van der Waals surface area contributed by atoms with Gasteiger partial charge in [-0.05, 0) is 38.1 Å². The third-order valence-electron chi connectivity index (χ3n) is 3.64. The minimum atomic E-state index is -0.902. The lowest BCUT2D eigenvalue weighted by Gasteiger charge is -2.34. The molecule has 1 amide bonds. The second kappa shape index (κ2) is 7.59. The van der Waals surface area contributed by atoms with Crippen LogP contribution in [0.2, 0.25) is 0 Å². The molecular weight excluding hydrogens is 299 g/mol. The fraction of sp³-hybridized carbons (Fsp3) is 0.500. The number of methoxy groups -OCH3 is 2. The number of halogens is 2. The highest BCUT2D eigenvalue weighted by atomic mass is 35.5. The maximum absolute atomic E-state index is 13.7. The summed E-state index contributed by atoms with van der Waals surface area (Å²) in [7, 11) is 3.00. The molecule has 1 fully saturated rings. The molecule has 2 N–H and O–H groups in total. The van der Waals surface area contributed by atoms with E-state index in [9.17, 15) is 9.18 Å². The molecule has 0 atom stereocenters. The van der Waals surface area contributed by atoms with E-state index in [1.807, 2.05) is 0 Å². The molecule has 0 aliphatic carbocycles. The molecule has 1 heterocycles. The quantitative estimate of drug-likeness (QED) is 0.891. The van der Waals surface area contributed by atoms with Gasteiger partial charge >= 0.3 is 0 Å². The monoisotopic (exact) mass is 318 g/mol. The normalized spacial score (nSPS) is 16.7. The van der Waals surface area contributed by atoms with Crippen molar-refractivity contribution in [3.8, 4) is 5.75 Å². The van der Waals surface area contributed by atoms with Gasteiger partial charge in [-0.15, -0.1) is 12.4 Å². The first-order chi connectivity index (χ1) is 9.61. The largest absolute Gasteiger partial charge is 0.497 e. The van der Waals surface area contributed by atoms with Crippen LogP contribution in [0.5, 0.6) is 5.75 Å². The van der Waals surface area contributed by atoms with Crippen molar-refractivity contribution in [1.29, 1.82) is 0 Å². The van der Waals surface area contributed by atoms with Crippen molar-refractivity contribution in [2.45, 2.75) is 18.4 Å². The van der Waals surface area contributed by atoms with E-state index in [1.165, 1.54) is 32.4 Å². The number of anilines is 1. The van der Waals surface area contributed by atoms with Crippen molar-refractivity contribution in [3.63, 3.8) is 0 Å². The van der Waals surface area contributed by atoms with Gasteiger partial charge in [0.05, 0.1) is 12.8 Å². The smallest absolute Gasteiger partial charge is 0.256 e. The Balaban J connectivity index is 0.00000220. The van der Waals surface area contributed by atoms with Gasteiger partial charge in [-0.1, -0.05) is 0 Å². The lowest BCUT2D eigenvalue weighted by atomic mass is 9.91. The summed E-state index contributed by atoms with van der Waals surface area (Å²) >= 11 is 0. The minimum absolute atomic E-state index is 0. The summed E-state index contributed by atoms with van der Waals surface area (Å²) in [6.07, 6.45) is 1.11. The van der Waals surface area contributed by atoms with Gasteiger partial charge in [-0.3, -0.25) is 4.79 Å². The van der Waals surface area contributed by atoms with Crippen LogP contribution in [0.25, 0.3) is 0 Å². The van der Waals surface area contributed by atoms with Crippen LogP contribution in [0.15, 0.2) is 18.2 Å². The lowest BCUT2D eigenvalue weighted by molar-refractivity contribution is -0.140. The zero-order chi connectivity index (χ0) is 14.6. The van der Waals surface area contributed by atoms with E-state index < -0.39 is 11.4 Å². The van der Waals surface area contributed by atoms with E-state index in [-0.39, 0.29) is 24.0 Å². The van der Waals surface area contributed by atoms with Crippen LogP contribution in [-0.4, -0.2) is 38.8 Å². The Morgan fingerprint density at radius 3 is 2.57 bits per heavy atom. The molecule has 1 aliphatic rings.